The number of aliphatic hydroxyl groups excluding tert-OH is 1. The molecule has 27 heavy (non-hydrogen) atoms. The Bertz CT molecular complexity index is 938. The van der Waals surface area contributed by atoms with Crippen LogP contribution in [0, 0.1) is 25.2 Å². The van der Waals surface area contributed by atoms with E-state index in [0.29, 0.717) is 28.5 Å². The average molecular weight is 362 g/mol. The van der Waals surface area contributed by atoms with Gasteiger partial charge >= 0.3 is 0 Å². The molecule has 0 bridgehead atoms. The molecule has 1 aromatic carbocycles. The molecule has 3 rings (SSSR count). The maximum Gasteiger partial charge on any atom is 0.153 e. The van der Waals surface area contributed by atoms with Gasteiger partial charge in [0.05, 0.1) is 5.69 Å². The largest absolute Gasteiger partial charge is 0.487 e. The molecule has 0 fully saturated rings. The Morgan fingerprint density at radius 3 is 2.56 bits per heavy atom. The smallest absolute Gasteiger partial charge is 0.153 e. The van der Waals surface area contributed by atoms with Gasteiger partial charge in [-0.05, 0) is 56.0 Å². The Kier molecular flexibility index (Phi) is 5.84. The van der Waals surface area contributed by atoms with Crippen LogP contribution in [-0.4, -0.2) is 26.5 Å². The summed E-state index contributed by atoms with van der Waals surface area (Å²) >= 11 is 0. The van der Waals surface area contributed by atoms with Crippen molar-refractivity contribution in [1.82, 2.24) is 14.8 Å². The summed E-state index contributed by atoms with van der Waals surface area (Å²) in [5.41, 5.74) is 4.05. The molecule has 0 spiro atoms. The second kappa shape index (κ2) is 8.47. The first-order chi connectivity index (χ1) is 13.1. The van der Waals surface area contributed by atoms with Crippen LogP contribution >= 0.6 is 0 Å². The van der Waals surface area contributed by atoms with E-state index in [4.69, 9.17) is 9.84 Å². The fourth-order valence-corrected chi connectivity index (χ4v) is 2.82. The van der Waals surface area contributed by atoms with Gasteiger partial charge in [-0.25, -0.2) is 9.67 Å². The van der Waals surface area contributed by atoms with Crippen molar-refractivity contribution in [2.75, 3.05) is 6.61 Å². The van der Waals surface area contributed by atoms with E-state index in [2.05, 4.69) is 16.2 Å². The summed E-state index contributed by atoms with van der Waals surface area (Å²) in [4.78, 5) is 4.41. The Hall–Kier alpha value is -3.17. The molecule has 0 atom stereocenters. The zero-order chi connectivity index (χ0) is 19.2. The van der Waals surface area contributed by atoms with Crippen molar-refractivity contribution in [3.63, 3.8) is 0 Å². The molecule has 6 heteroatoms. The lowest BCUT2D eigenvalue weighted by Gasteiger charge is -2.10. The second-order valence-electron chi connectivity index (χ2n) is 6.38. The molecule has 2 aromatic heterocycles. The van der Waals surface area contributed by atoms with Crippen LogP contribution in [0.5, 0.6) is 5.75 Å². The monoisotopic (exact) mass is 362 g/mol. The highest BCUT2D eigenvalue weighted by Crippen LogP contribution is 2.20. The van der Waals surface area contributed by atoms with Gasteiger partial charge in [0.15, 0.2) is 5.82 Å². The molecule has 0 amide bonds. The number of rotatable bonds is 7. The maximum atomic E-state index is 9.52. The van der Waals surface area contributed by atoms with Crippen LogP contribution in [0.3, 0.4) is 0 Å². The SMILES string of the molecule is Cc1ccc(-n2nc(C)c(C#N)c2COc2ccc(CCCO)cc2)nc1. The normalized spacial score (nSPS) is 10.6. The van der Waals surface area contributed by atoms with E-state index in [1.807, 2.05) is 50.2 Å². The molecule has 3 aromatic rings. The molecule has 0 radical (unpaired) electrons. The van der Waals surface area contributed by atoms with E-state index in [9.17, 15) is 5.26 Å². The van der Waals surface area contributed by atoms with Gasteiger partial charge in [0, 0.05) is 12.8 Å². The minimum atomic E-state index is 0.186. The molecule has 0 aliphatic rings. The van der Waals surface area contributed by atoms with Crippen molar-refractivity contribution in [2.45, 2.75) is 33.3 Å². The minimum absolute atomic E-state index is 0.186. The molecule has 138 valence electrons. The molecule has 1 N–H and O–H groups in total. The lowest BCUT2D eigenvalue weighted by atomic mass is 10.1. The van der Waals surface area contributed by atoms with Gasteiger partial charge in [0.2, 0.25) is 0 Å². The summed E-state index contributed by atoms with van der Waals surface area (Å²) in [6, 6.07) is 13.8. The first-order valence-electron chi connectivity index (χ1n) is 8.86. The zero-order valence-corrected chi connectivity index (χ0v) is 15.5. The number of pyridine rings is 1. The molecule has 0 saturated carbocycles. The first-order valence-corrected chi connectivity index (χ1v) is 8.86. The van der Waals surface area contributed by atoms with E-state index < -0.39 is 0 Å². The Balaban J connectivity index is 1.81. The van der Waals surface area contributed by atoms with Crippen molar-refractivity contribution in [2.24, 2.45) is 0 Å². The molecule has 0 aliphatic carbocycles. The van der Waals surface area contributed by atoms with Crippen LogP contribution in [-0.2, 0) is 13.0 Å². The summed E-state index contributed by atoms with van der Waals surface area (Å²) in [5, 5.41) is 22.9. The third-order valence-corrected chi connectivity index (χ3v) is 4.30. The number of nitriles is 1. The van der Waals surface area contributed by atoms with E-state index in [1.165, 1.54) is 0 Å². The summed E-state index contributed by atoms with van der Waals surface area (Å²) < 4.78 is 7.57. The third-order valence-electron chi connectivity index (χ3n) is 4.30. The minimum Gasteiger partial charge on any atom is -0.487 e. The van der Waals surface area contributed by atoms with Crippen molar-refractivity contribution in [3.05, 3.63) is 70.7 Å². The summed E-state index contributed by atoms with van der Waals surface area (Å²) in [6.07, 6.45) is 3.35. The molecular formula is C21H22N4O2. The van der Waals surface area contributed by atoms with Crippen LogP contribution in [0.15, 0.2) is 42.6 Å². The highest BCUT2D eigenvalue weighted by atomic mass is 16.5. The third kappa shape index (κ3) is 4.33. The number of hydrogen-bond donors (Lipinski definition) is 1. The van der Waals surface area contributed by atoms with Crippen LogP contribution in [0.4, 0.5) is 0 Å². The fourth-order valence-electron chi connectivity index (χ4n) is 2.82. The molecular weight excluding hydrogens is 340 g/mol. The number of ether oxygens (including phenoxy) is 1. The van der Waals surface area contributed by atoms with Crippen LogP contribution in [0.25, 0.3) is 5.82 Å². The number of nitrogens with zero attached hydrogens (tertiary/aromatic N) is 4. The zero-order valence-electron chi connectivity index (χ0n) is 15.5. The van der Waals surface area contributed by atoms with Crippen molar-refractivity contribution in [1.29, 1.82) is 5.26 Å². The predicted octanol–water partition coefficient (Wildman–Crippen LogP) is 3.26. The number of aromatic nitrogens is 3. The molecule has 2 heterocycles. The van der Waals surface area contributed by atoms with Gasteiger partial charge in [-0.1, -0.05) is 18.2 Å². The molecule has 0 saturated heterocycles. The topological polar surface area (TPSA) is 84.0 Å². The standard InChI is InChI=1S/C21H22N4O2/c1-15-5-10-21(23-13-15)25-20(19(12-22)16(2)24-25)14-27-18-8-6-17(7-9-18)4-3-11-26/h5-10,13,26H,3-4,11,14H2,1-2H3. The molecule has 0 aliphatic heterocycles. The van der Waals surface area contributed by atoms with E-state index in [0.717, 1.165) is 24.0 Å². The van der Waals surface area contributed by atoms with Crippen LogP contribution in [0.2, 0.25) is 0 Å². The van der Waals surface area contributed by atoms with Gasteiger partial charge < -0.3 is 9.84 Å². The maximum absolute atomic E-state index is 9.52. The van der Waals surface area contributed by atoms with E-state index >= 15 is 0 Å². The lowest BCUT2D eigenvalue weighted by Crippen LogP contribution is -2.08. The summed E-state index contributed by atoms with van der Waals surface area (Å²) in [6.45, 7) is 4.18. The van der Waals surface area contributed by atoms with Crippen LogP contribution in [0.1, 0.15) is 34.5 Å². The van der Waals surface area contributed by atoms with Crippen molar-refractivity contribution < 1.29 is 9.84 Å². The Morgan fingerprint density at radius 2 is 1.93 bits per heavy atom. The quantitative estimate of drug-likeness (QED) is 0.697. The average Bonchev–Trinajstić information content (AvgIpc) is 3.01. The number of hydrogen-bond acceptors (Lipinski definition) is 5. The fraction of sp³-hybridized carbons (Fsp3) is 0.286. The van der Waals surface area contributed by atoms with Crippen LogP contribution < -0.4 is 4.74 Å². The van der Waals surface area contributed by atoms with Gasteiger partial charge in [-0.2, -0.15) is 10.4 Å². The van der Waals surface area contributed by atoms with Gasteiger partial charge in [-0.15, -0.1) is 0 Å². The highest BCUT2D eigenvalue weighted by molar-refractivity contribution is 5.41. The summed E-state index contributed by atoms with van der Waals surface area (Å²) in [7, 11) is 0. The van der Waals surface area contributed by atoms with Crippen molar-refractivity contribution >= 4 is 0 Å². The highest BCUT2D eigenvalue weighted by Gasteiger charge is 2.17. The van der Waals surface area contributed by atoms with Gasteiger partial charge in [-0.3, -0.25) is 0 Å². The molecule has 0 unspecified atom stereocenters. The van der Waals surface area contributed by atoms with E-state index in [-0.39, 0.29) is 13.2 Å². The summed E-state index contributed by atoms with van der Waals surface area (Å²) in [5.74, 6) is 1.37. The lowest BCUT2D eigenvalue weighted by molar-refractivity contribution is 0.288. The van der Waals surface area contributed by atoms with Crippen molar-refractivity contribution in [3.8, 4) is 17.6 Å². The predicted molar refractivity (Wildman–Crippen MR) is 102 cm³/mol. The molecule has 6 nitrogen and oxygen atoms in total. The van der Waals surface area contributed by atoms with Gasteiger partial charge in [0.25, 0.3) is 0 Å². The second-order valence-corrected chi connectivity index (χ2v) is 6.38. The van der Waals surface area contributed by atoms with E-state index in [1.54, 1.807) is 10.9 Å². The number of aliphatic hydroxyl groups is 1. The Labute approximate surface area is 158 Å². The first kappa shape index (κ1) is 18.6. The van der Waals surface area contributed by atoms with Gasteiger partial charge in [0.1, 0.15) is 29.7 Å². The number of benzene rings is 1. The Morgan fingerprint density at radius 1 is 1.15 bits per heavy atom. The number of aryl methyl sites for hydroxylation is 3.